The zero-order valence-electron chi connectivity index (χ0n) is 14.1. The molecule has 0 bridgehead atoms. The standard InChI is InChI=1S/C18H12N4O5S/c23-17-12-9-10(28(25,26)27)6-7-14(12)20-18(24)16(17)22-21-15-5-1-4-13-11(15)3-2-8-19-13/h1-9H,(H2,20,23,24)(H,25,26,27). The summed E-state index contributed by atoms with van der Waals surface area (Å²) in [5.41, 5.74) is 0.223. The Labute approximate surface area is 157 Å². The Morgan fingerprint density at radius 2 is 1.82 bits per heavy atom. The second-order valence-corrected chi connectivity index (χ2v) is 7.30. The van der Waals surface area contributed by atoms with Crippen LogP contribution in [0.4, 0.5) is 11.4 Å². The van der Waals surface area contributed by atoms with Crippen LogP contribution in [0.15, 0.2) is 74.6 Å². The molecule has 9 nitrogen and oxygen atoms in total. The minimum absolute atomic E-state index is 0.00302. The number of pyridine rings is 2. The quantitative estimate of drug-likeness (QED) is 0.357. The molecule has 10 heteroatoms. The van der Waals surface area contributed by atoms with E-state index in [0.717, 1.165) is 12.1 Å². The number of aromatic amines is 1. The van der Waals surface area contributed by atoms with Crippen molar-refractivity contribution in [3.63, 3.8) is 0 Å². The summed E-state index contributed by atoms with van der Waals surface area (Å²) in [6, 6.07) is 12.1. The molecule has 0 saturated heterocycles. The summed E-state index contributed by atoms with van der Waals surface area (Å²) in [5, 5.41) is 19.1. The van der Waals surface area contributed by atoms with Crippen LogP contribution in [0.5, 0.6) is 5.75 Å². The van der Waals surface area contributed by atoms with Gasteiger partial charge in [0.1, 0.15) is 0 Å². The Morgan fingerprint density at radius 3 is 2.61 bits per heavy atom. The van der Waals surface area contributed by atoms with E-state index in [1.54, 1.807) is 36.5 Å². The van der Waals surface area contributed by atoms with Gasteiger partial charge >= 0.3 is 0 Å². The van der Waals surface area contributed by atoms with Crippen LogP contribution in [0.1, 0.15) is 0 Å². The third-order valence-corrected chi connectivity index (χ3v) is 4.96. The number of aromatic hydroxyl groups is 1. The fourth-order valence-corrected chi connectivity index (χ4v) is 3.28. The van der Waals surface area contributed by atoms with Crippen molar-refractivity contribution in [2.75, 3.05) is 0 Å². The summed E-state index contributed by atoms with van der Waals surface area (Å²) in [7, 11) is -4.48. The highest BCUT2D eigenvalue weighted by Gasteiger charge is 2.16. The second kappa shape index (κ2) is 6.51. The van der Waals surface area contributed by atoms with Crippen molar-refractivity contribution >= 4 is 43.3 Å². The van der Waals surface area contributed by atoms with Crippen molar-refractivity contribution in [3.05, 3.63) is 65.1 Å². The monoisotopic (exact) mass is 396 g/mol. The molecule has 0 unspecified atom stereocenters. The average Bonchev–Trinajstić information content (AvgIpc) is 2.67. The molecule has 0 aliphatic carbocycles. The van der Waals surface area contributed by atoms with Gasteiger partial charge in [0.25, 0.3) is 15.7 Å². The predicted molar refractivity (Wildman–Crippen MR) is 102 cm³/mol. The van der Waals surface area contributed by atoms with Crippen LogP contribution in [0.3, 0.4) is 0 Å². The third kappa shape index (κ3) is 3.10. The van der Waals surface area contributed by atoms with E-state index in [1.165, 1.54) is 6.07 Å². The van der Waals surface area contributed by atoms with E-state index in [0.29, 0.717) is 16.6 Å². The first kappa shape index (κ1) is 17.8. The molecule has 3 N–H and O–H groups in total. The lowest BCUT2D eigenvalue weighted by molar-refractivity contribution is 0.480. The summed E-state index contributed by atoms with van der Waals surface area (Å²) >= 11 is 0. The van der Waals surface area contributed by atoms with Crippen LogP contribution in [0.25, 0.3) is 21.8 Å². The Bertz CT molecular complexity index is 1420. The topological polar surface area (TPSA) is 145 Å². The number of nitrogens with zero attached hydrogens (tertiary/aromatic N) is 3. The largest absolute Gasteiger partial charge is 0.505 e. The molecule has 28 heavy (non-hydrogen) atoms. The number of fused-ring (bicyclic) bond motifs is 2. The maximum absolute atomic E-state index is 12.3. The summed E-state index contributed by atoms with van der Waals surface area (Å²) in [4.78, 5) is 18.5. The highest BCUT2D eigenvalue weighted by Crippen LogP contribution is 2.33. The molecular formula is C18H12N4O5S. The summed E-state index contributed by atoms with van der Waals surface area (Å²) < 4.78 is 31.8. The number of rotatable bonds is 3. The van der Waals surface area contributed by atoms with E-state index in [1.807, 2.05) is 0 Å². The van der Waals surface area contributed by atoms with Gasteiger partial charge in [-0.1, -0.05) is 6.07 Å². The maximum Gasteiger partial charge on any atom is 0.294 e. The zero-order chi connectivity index (χ0) is 19.9. The molecule has 140 valence electrons. The molecule has 2 aromatic carbocycles. The van der Waals surface area contributed by atoms with Crippen LogP contribution in [-0.2, 0) is 10.1 Å². The molecule has 2 heterocycles. The summed E-state index contributed by atoms with van der Waals surface area (Å²) in [6.45, 7) is 0. The molecule has 0 atom stereocenters. The van der Waals surface area contributed by atoms with E-state index >= 15 is 0 Å². The van der Waals surface area contributed by atoms with Gasteiger partial charge in [0.05, 0.1) is 21.6 Å². The lowest BCUT2D eigenvalue weighted by Gasteiger charge is -2.05. The highest BCUT2D eigenvalue weighted by molar-refractivity contribution is 7.85. The van der Waals surface area contributed by atoms with Crippen LogP contribution < -0.4 is 5.56 Å². The molecule has 4 rings (SSSR count). The second-order valence-electron chi connectivity index (χ2n) is 5.88. The number of nitrogens with one attached hydrogen (secondary N) is 1. The van der Waals surface area contributed by atoms with Crippen molar-refractivity contribution < 1.29 is 18.1 Å². The van der Waals surface area contributed by atoms with Gasteiger partial charge in [-0.15, -0.1) is 10.2 Å². The average molecular weight is 396 g/mol. The van der Waals surface area contributed by atoms with Crippen LogP contribution in [0.2, 0.25) is 0 Å². The molecule has 0 amide bonds. The van der Waals surface area contributed by atoms with E-state index in [4.69, 9.17) is 0 Å². The highest BCUT2D eigenvalue weighted by atomic mass is 32.2. The first-order valence-electron chi connectivity index (χ1n) is 7.96. The van der Waals surface area contributed by atoms with Crippen molar-refractivity contribution in [3.8, 4) is 5.75 Å². The molecule has 0 aliphatic rings. The fourth-order valence-electron chi connectivity index (χ4n) is 2.78. The van der Waals surface area contributed by atoms with Gasteiger partial charge in [0.15, 0.2) is 11.4 Å². The molecule has 2 aromatic heterocycles. The van der Waals surface area contributed by atoms with Crippen molar-refractivity contribution in [2.45, 2.75) is 4.90 Å². The minimum Gasteiger partial charge on any atom is -0.505 e. The Kier molecular flexibility index (Phi) is 4.13. The number of hydrogen-bond acceptors (Lipinski definition) is 7. The molecule has 0 spiro atoms. The number of benzene rings is 2. The van der Waals surface area contributed by atoms with Gasteiger partial charge in [-0.25, -0.2) is 0 Å². The number of aromatic nitrogens is 2. The first-order chi connectivity index (χ1) is 13.3. The zero-order valence-corrected chi connectivity index (χ0v) is 14.9. The maximum atomic E-state index is 12.3. The summed E-state index contributed by atoms with van der Waals surface area (Å²) in [5.74, 6) is -0.550. The molecular weight excluding hydrogens is 384 g/mol. The smallest absolute Gasteiger partial charge is 0.294 e. The Hall–Kier alpha value is -3.63. The van der Waals surface area contributed by atoms with Gasteiger partial charge in [0, 0.05) is 17.0 Å². The summed E-state index contributed by atoms with van der Waals surface area (Å²) in [6.07, 6.45) is 1.63. The molecule has 0 fully saturated rings. The number of hydrogen-bond donors (Lipinski definition) is 3. The Morgan fingerprint density at radius 1 is 1.00 bits per heavy atom. The van der Waals surface area contributed by atoms with Gasteiger partial charge < -0.3 is 10.1 Å². The van der Waals surface area contributed by atoms with Crippen molar-refractivity contribution in [1.82, 2.24) is 9.97 Å². The van der Waals surface area contributed by atoms with Gasteiger partial charge in [-0.05, 0) is 42.5 Å². The van der Waals surface area contributed by atoms with E-state index < -0.39 is 26.3 Å². The lowest BCUT2D eigenvalue weighted by Crippen LogP contribution is -2.06. The van der Waals surface area contributed by atoms with Crippen molar-refractivity contribution in [2.24, 2.45) is 10.2 Å². The predicted octanol–water partition coefficient (Wildman–Crippen LogP) is 3.44. The van der Waals surface area contributed by atoms with Gasteiger partial charge in [0.2, 0.25) is 0 Å². The number of azo groups is 1. The van der Waals surface area contributed by atoms with E-state index in [-0.39, 0.29) is 16.6 Å². The van der Waals surface area contributed by atoms with Gasteiger partial charge in [-0.3, -0.25) is 14.3 Å². The SMILES string of the molecule is O=c1[nH]c2ccc(S(=O)(=O)O)cc2c(O)c1N=Nc1cccc2ncccc12. The minimum atomic E-state index is -4.48. The molecule has 0 radical (unpaired) electrons. The normalized spacial score (nSPS) is 12.2. The van der Waals surface area contributed by atoms with Gasteiger partial charge in [-0.2, -0.15) is 8.42 Å². The van der Waals surface area contributed by atoms with Crippen LogP contribution in [-0.4, -0.2) is 28.0 Å². The van der Waals surface area contributed by atoms with Crippen LogP contribution in [0, 0.1) is 0 Å². The molecule has 0 aliphatic heterocycles. The fraction of sp³-hybridized carbons (Fsp3) is 0. The number of H-pyrrole nitrogens is 1. The lowest BCUT2D eigenvalue weighted by atomic mass is 10.2. The third-order valence-electron chi connectivity index (χ3n) is 4.11. The van der Waals surface area contributed by atoms with E-state index in [9.17, 15) is 22.9 Å². The van der Waals surface area contributed by atoms with Crippen LogP contribution >= 0.6 is 0 Å². The molecule has 4 aromatic rings. The van der Waals surface area contributed by atoms with Crippen molar-refractivity contribution in [1.29, 1.82) is 0 Å². The first-order valence-corrected chi connectivity index (χ1v) is 9.40. The Balaban J connectivity index is 1.88. The molecule has 0 saturated carbocycles. The van der Waals surface area contributed by atoms with E-state index in [2.05, 4.69) is 20.2 Å².